The van der Waals surface area contributed by atoms with Crippen LogP contribution in [0.4, 0.5) is 5.69 Å². The predicted molar refractivity (Wildman–Crippen MR) is 126 cm³/mol. The number of carbonyl (C=O) groups is 3. The molecule has 2 heterocycles. The molecule has 35 heavy (non-hydrogen) atoms. The highest BCUT2D eigenvalue weighted by molar-refractivity contribution is 7.99. The molecule has 0 atom stereocenters. The Labute approximate surface area is 205 Å². The quantitative estimate of drug-likeness (QED) is 0.338. The molecule has 12 heteroatoms. The van der Waals surface area contributed by atoms with E-state index in [1.807, 2.05) is 0 Å². The standard InChI is InChI=1S/C23H23N5O6S/c1-3-32-22(31)14-4-7-16(8-5-14)25-20(29)12-35-23-27-26-19(28(23)2)11-24-21(30)15-6-9-17-18(10-15)34-13-33-17/h4-10H,3,11-13H2,1-2H3,(H,24,30)(H,25,29). The fourth-order valence-corrected chi connectivity index (χ4v) is 3.89. The molecule has 0 saturated heterocycles. The SMILES string of the molecule is CCOC(=O)c1ccc(NC(=O)CSc2nnc(CNC(=O)c3ccc4c(c3)OCO4)n2C)cc1. The molecule has 2 aromatic carbocycles. The van der Waals surface area contributed by atoms with E-state index in [2.05, 4.69) is 20.8 Å². The summed E-state index contributed by atoms with van der Waals surface area (Å²) in [6.07, 6.45) is 0. The van der Waals surface area contributed by atoms with Crippen LogP contribution in [-0.4, -0.2) is 51.7 Å². The number of hydrogen-bond acceptors (Lipinski definition) is 9. The Morgan fingerprint density at radius 1 is 1.06 bits per heavy atom. The maximum Gasteiger partial charge on any atom is 0.338 e. The summed E-state index contributed by atoms with van der Waals surface area (Å²) in [5.41, 5.74) is 1.42. The molecule has 0 saturated carbocycles. The van der Waals surface area contributed by atoms with Crippen LogP contribution in [0.3, 0.4) is 0 Å². The Morgan fingerprint density at radius 2 is 1.80 bits per heavy atom. The van der Waals surface area contributed by atoms with Gasteiger partial charge in [-0.3, -0.25) is 9.59 Å². The minimum atomic E-state index is -0.411. The molecule has 2 N–H and O–H groups in total. The zero-order valence-electron chi connectivity index (χ0n) is 19.1. The van der Waals surface area contributed by atoms with Crippen LogP contribution in [0.5, 0.6) is 11.5 Å². The lowest BCUT2D eigenvalue weighted by Crippen LogP contribution is -2.24. The number of anilines is 1. The molecule has 1 aliphatic rings. The summed E-state index contributed by atoms with van der Waals surface area (Å²) in [6, 6.07) is 11.4. The summed E-state index contributed by atoms with van der Waals surface area (Å²) in [4.78, 5) is 36.5. The van der Waals surface area contributed by atoms with Gasteiger partial charge in [0.2, 0.25) is 12.7 Å². The average Bonchev–Trinajstić information content (AvgIpc) is 3.47. The molecule has 0 fully saturated rings. The lowest BCUT2D eigenvalue weighted by Gasteiger charge is -2.08. The van der Waals surface area contributed by atoms with Gasteiger partial charge in [-0.2, -0.15) is 0 Å². The van der Waals surface area contributed by atoms with Crippen LogP contribution in [0.1, 0.15) is 33.5 Å². The molecule has 4 rings (SSSR count). The van der Waals surface area contributed by atoms with Gasteiger partial charge in [0.15, 0.2) is 22.5 Å². The third kappa shape index (κ3) is 5.90. The fraction of sp³-hybridized carbons (Fsp3) is 0.261. The zero-order chi connectivity index (χ0) is 24.8. The fourth-order valence-electron chi connectivity index (χ4n) is 3.16. The number of nitrogens with one attached hydrogen (secondary N) is 2. The molecular formula is C23H23N5O6S. The highest BCUT2D eigenvalue weighted by Gasteiger charge is 2.17. The molecule has 3 aromatic rings. The van der Waals surface area contributed by atoms with Crippen LogP contribution in [-0.2, 0) is 23.1 Å². The minimum absolute atomic E-state index is 0.106. The maximum absolute atomic E-state index is 12.5. The average molecular weight is 498 g/mol. The smallest absolute Gasteiger partial charge is 0.338 e. The first kappa shape index (κ1) is 24.1. The molecule has 0 bridgehead atoms. The summed E-state index contributed by atoms with van der Waals surface area (Å²) >= 11 is 1.21. The molecule has 0 aliphatic carbocycles. The second kappa shape index (κ2) is 10.9. The van der Waals surface area contributed by atoms with Gasteiger partial charge in [0.1, 0.15) is 0 Å². The highest BCUT2D eigenvalue weighted by Crippen LogP contribution is 2.32. The summed E-state index contributed by atoms with van der Waals surface area (Å²) in [7, 11) is 1.76. The Balaban J connectivity index is 1.26. The van der Waals surface area contributed by atoms with Crippen molar-refractivity contribution in [2.45, 2.75) is 18.6 Å². The van der Waals surface area contributed by atoms with Gasteiger partial charge in [0.25, 0.3) is 5.91 Å². The van der Waals surface area contributed by atoms with Gasteiger partial charge < -0.3 is 29.4 Å². The number of benzene rings is 2. The number of rotatable bonds is 9. The summed E-state index contributed by atoms with van der Waals surface area (Å²) in [6.45, 7) is 2.34. The van der Waals surface area contributed by atoms with E-state index in [0.29, 0.717) is 45.9 Å². The van der Waals surface area contributed by atoms with Gasteiger partial charge in [0.05, 0.1) is 24.5 Å². The molecular weight excluding hydrogens is 474 g/mol. The first-order valence-corrected chi connectivity index (χ1v) is 11.7. The molecule has 11 nitrogen and oxygen atoms in total. The van der Waals surface area contributed by atoms with Crippen LogP contribution in [0, 0.1) is 0 Å². The largest absolute Gasteiger partial charge is 0.462 e. The Hall–Kier alpha value is -4.06. The van der Waals surface area contributed by atoms with Gasteiger partial charge in [0, 0.05) is 18.3 Å². The van der Waals surface area contributed by atoms with Crippen molar-refractivity contribution < 1.29 is 28.6 Å². The third-order valence-corrected chi connectivity index (χ3v) is 6.00. The van der Waals surface area contributed by atoms with Crippen molar-refractivity contribution in [3.8, 4) is 11.5 Å². The molecule has 0 spiro atoms. The summed E-state index contributed by atoms with van der Waals surface area (Å²) < 4.78 is 17.2. The summed E-state index contributed by atoms with van der Waals surface area (Å²) in [5, 5.41) is 14.3. The van der Waals surface area contributed by atoms with E-state index in [0.717, 1.165) is 0 Å². The van der Waals surface area contributed by atoms with Gasteiger partial charge in [-0.05, 0) is 49.4 Å². The van der Waals surface area contributed by atoms with Crippen molar-refractivity contribution in [3.05, 3.63) is 59.4 Å². The maximum atomic E-state index is 12.5. The number of carbonyl (C=O) groups excluding carboxylic acids is 3. The van der Waals surface area contributed by atoms with Crippen molar-refractivity contribution >= 4 is 35.2 Å². The van der Waals surface area contributed by atoms with Crippen molar-refractivity contribution in [2.24, 2.45) is 7.05 Å². The molecule has 1 aliphatic heterocycles. The number of nitrogens with zero attached hydrogens (tertiary/aromatic N) is 3. The second-order valence-electron chi connectivity index (χ2n) is 7.34. The van der Waals surface area contributed by atoms with Crippen LogP contribution in [0.15, 0.2) is 47.6 Å². The van der Waals surface area contributed by atoms with E-state index >= 15 is 0 Å². The highest BCUT2D eigenvalue weighted by atomic mass is 32.2. The topological polar surface area (TPSA) is 134 Å². The number of ether oxygens (including phenoxy) is 3. The van der Waals surface area contributed by atoms with E-state index in [1.54, 1.807) is 61.0 Å². The molecule has 182 valence electrons. The number of esters is 1. The lowest BCUT2D eigenvalue weighted by atomic mass is 10.2. The Morgan fingerprint density at radius 3 is 2.57 bits per heavy atom. The van der Waals surface area contributed by atoms with Gasteiger partial charge in [-0.1, -0.05) is 11.8 Å². The van der Waals surface area contributed by atoms with Crippen molar-refractivity contribution in [3.63, 3.8) is 0 Å². The van der Waals surface area contributed by atoms with E-state index in [9.17, 15) is 14.4 Å². The van der Waals surface area contributed by atoms with Crippen LogP contribution in [0.2, 0.25) is 0 Å². The predicted octanol–water partition coefficient (Wildman–Crippen LogP) is 2.38. The number of fused-ring (bicyclic) bond motifs is 1. The van der Waals surface area contributed by atoms with Crippen molar-refractivity contribution in [2.75, 3.05) is 24.5 Å². The normalized spacial score (nSPS) is 11.7. The van der Waals surface area contributed by atoms with Gasteiger partial charge in [-0.15, -0.1) is 10.2 Å². The molecule has 0 unspecified atom stereocenters. The van der Waals surface area contributed by atoms with E-state index in [-0.39, 0.29) is 30.9 Å². The number of aromatic nitrogens is 3. The van der Waals surface area contributed by atoms with E-state index in [1.165, 1.54) is 11.8 Å². The number of hydrogen-bond donors (Lipinski definition) is 2. The lowest BCUT2D eigenvalue weighted by molar-refractivity contribution is -0.113. The van der Waals surface area contributed by atoms with Gasteiger partial charge >= 0.3 is 5.97 Å². The second-order valence-corrected chi connectivity index (χ2v) is 8.29. The van der Waals surface area contributed by atoms with E-state index < -0.39 is 5.97 Å². The van der Waals surface area contributed by atoms with Crippen molar-refractivity contribution in [1.29, 1.82) is 0 Å². The molecule has 2 amide bonds. The molecule has 1 aromatic heterocycles. The van der Waals surface area contributed by atoms with Crippen LogP contribution in [0.25, 0.3) is 0 Å². The van der Waals surface area contributed by atoms with Crippen molar-refractivity contribution in [1.82, 2.24) is 20.1 Å². The van der Waals surface area contributed by atoms with Gasteiger partial charge in [-0.25, -0.2) is 4.79 Å². The summed E-state index contributed by atoms with van der Waals surface area (Å²) in [5.74, 6) is 0.850. The third-order valence-electron chi connectivity index (χ3n) is 4.98. The van der Waals surface area contributed by atoms with Crippen LogP contribution >= 0.6 is 11.8 Å². The zero-order valence-corrected chi connectivity index (χ0v) is 19.9. The first-order chi connectivity index (χ1) is 16.9. The molecule has 0 radical (unpaired) electrons. The first-order valence-electron chi connectivity index (χ1n) is 10.7. The Bertz CT molecular complexity index is 1240. The number of thioether (sulfide) groups is 1. The Kier molecular flexibility index (Phi) is 7.51. The van der Waals surface area contributed by atoms with E-state index in [4.69, 9.17) is 14.2 Å². The van der Waals surface area contributed by atoms with Crippen LogP contribution < -0.4 is 20.1 Å². The number of amides is 2. The monoisotopic (exact) mass is 497 g/mol. The minimum Gasteiger partial charge on any atom is -0.462 e.